The Morgan fingerprint density at radius 2 is 2.05 bits per heavy atom. The first-order chi connectivity index (χ1) is 9.65. The fraction of sp³-hybridized carbons (Fsp3) is 0.188. The van der Waals surface area contributed by atoms with E-state index in [0.29, 0.717) is 17.8 Å². The number of hydrogen-bond donors (Lipinski definition) is 1. The van der Waals surface area contributed by atoms with Crippen molar-refractivity contribution in [2.45, 2.75) is 12.8 Å². The van der Waals surface area contributed by atoms with Crippen LogP contribution in [0.3, 0.4) is 0 Å². The van der Waals surface area contributed by atoms with Gasteiger partial charge in [0.1, 0.15) is 5.82 Å². The molecule has 0 fully saturated rings. The lowest BCUT2D eigenvalue weighted by atomic mass is 10.1. The Morgan fingerprint density at radius 3 is 2.85 bits per heavy atom. The smallest absolute Gasteiger partial charge is 0.231 e. The van der Waals surface area contributed by atoms with Gasteiger partial charge >= 0.3 is 0 Å². The topological polar surface area (TPSA) is 46.3 Å². The van der Waals surface area contributed by atoms with E-state index >= 15 is 0 Å². The minimum atomic E-state index is -0.336. The van der Waals surface area contributed by atoms with Gasteiger partial charge in [-0.15, -0.1) is 0 Å². The summed E-state index contributed by atoms with van der Waals surface area (Å²) < 4.78 is 13.6. The molecular weight excluding hydrogens is 255 g/mol. The molecule has 0 saturated carbocycles. The summed E-state index contributed by atoms with van der Waals surface area (Å²) in [5, 5.41) is 0. The first-order valence-electron chi connectivity index (χ1n) is 6.57. The summed E-state index contributed by atoms with van der Waals surface area (Å²) in [6.07, 6.45) is 0.875. The van der Waals surface area contributed by atoms with Gasteiger partial charge in [0.05, 0.1) is 6.42 Å². The fourth-order valence-electron chi connectivity index (χ4n) is 2.58. The van der Waals surface area contributed by atoms with E-state index in [1.54, 1.807) is 29.2 Å². The zero-order valence-electron chi connectivity index (χ0n) is 11.0. The summed E-state index contributed by atoms with van der Waals surface area (Å²) in [5.74, 6) is -0.420. The van der Waals surface area contributed by atoms with E-state index in [2.05, 4.69) is 0 Å². The van der Waals surface area contributed by atoms with Crippen molar-refractivity contribution in [3.8, 4) is 0 Å². The second-order valence-electron chi connectivity index (χ2n) is 4.95. The molecule has 0 bridgehead atoms. The molecule has 2 aromatic carbocycles. The summed E-state index contributed by atoms with van der Waals surface area (Å²) >= 11 is 0. The van der Waals surface area contributed by atoms with Gasteiger partial charge in [-0.2, -0.15) is 0 Å². The Hall–Kier alpha value is -2.36. The number of rotatable bonds is 2. The number of fused-ring (bicyclic) bond motifs is 1. The quantitative estimate of drug-likeness (QED) is 0.852. The third kappa shape index (κ3) is 2.25. The number of halogens is 1. The number of nitrogen functional groups attached to an aromatic ring is 1. The molecule has 3 nitrogen and oxygen atoms in total. The number of amides is 1. The normalized spacial score (nSPS) is 13.3. The molecule has 0 atom stereocenters. The lowest BCUT2D eigenvalue weighted by molar-refractivity contribution is -0.117. The van der Waals surface area contributed by atoms with Crippen LogP contribution in [0.15, 0.2) is 42.5 Å². The van der Waals surface area contributed by atoms with E-state index in [4.69, 9.17) is 5.73 Å². The molecule has 3 rings (SSSR count). The molecule has 1 heterocycles. The summed E-state index contributed by atoms with van der Waals surface area (Å²) in [6.45, 7) is 0.631. The van der Waals surface area contributed by atoms with Crippen LogP contribution in [0.1, 0.15) is 11.1 Å². The fourth-order valence-corrected chi connectivity index (χ4v) is 2.58. The Bertz CT molecular complexity index is 669. The van der Waals surface area contributed by atoms with Gasteiger partial charge in [0.2, 0.25) is 5.91 Å². The second kappa shape index (κ2) is 4.96. The standard InChI is InChI=1S/C16H15FN2O/c17-14-4-2-1-3-11(14)10-16(20)19-8-7-12-9-13(18)5-6-15(12)19/h1-6,9H,7-8,10,18H2. The van der Waals surface area contributed by atoms with Crippen molar-refractivity contribution in [3.63, 3.8) is 0 Å². The van der Waals surface area contributed by atoms with Crippen molar-refractivity contribution in [1.29, 1.82) is 0 Å². The molecule has 0 radical (unpaired) electrons. The zero-order chi connectivity index (χ0) is 14.1. The lowest BCUT2D eigenvalue weighted by Crippen LogP contribution is -2.30. The van der Waals surface area contributed by atoms with E-state index in [1.807, 2.05) is 12.1 Å². The lowest BCUT2D eigenvalue weighted by Gasteiger charge is -2.17. The molecular formula is C16H15FN2O. The van der Waals surface area contributed by atoms with Gasteiger partial charge in [-0.1, -0.05) is 18.2 Å². The zero-order valence-corrected chi connectivity index (χ0v) is 11.0. The van der Waals surface area contributed by atoms with Gasteiger partial charge in [-0.05, 0) is 41.8 Å². The van der Waals surface area contributed by atoms with Gasteiger partial charge < -0.3 is 10.6 Å². The van der Waals surface area contributed by atoms with Crippen LogP contribution >= 0.6 is 0 Å². The van der Waals surface area contributed by atoms with E-state index < -0.39 is 0 Å². The number of carbonyl (C=O) groups excluding carboxylic acids is 1. The van der Waals surface area contributed by atoms with Crippen LogP contribution in [-0.2, 0) is 17.6 Å². The minimum absolute atomic E-state index is 0.0799. The molecule has 1 aliphatic rings. The highest BCUT2D eigenvalue weighted by Gasteiger charge is 2.25. The first kappa shape index (κ1) is 12.7. The van der Waals surface area contributed by atoms with Gasteiger partial charge in [0.15, 0.2) is 0 Å². The largest absolute Gasteiger partial charge is 0.399 e. The molecule has 102 valence electrons. The molecule has 4 heteroatoms. The minimum Gasteiger partial charge on any atom is -0.399 e. The highest BCUT2D eigenvalue weighted by molar-refractivity contribution is 5.97. The number of carbonyl (C=O) groups is 1. The molecule has 0 saturated heterocycles. The van der Waals surface area contributed by atoms with E-state index in [-0.39, 0.29) is 18.1 Å². The van der Waals surface area contributed by atoms with Crippen LogP contribution in [0.4, 0.5) is 15.8 Å². The number of nitrogens with two attached hydrogens (primary N) is 1. The van der Waals surface area contributed by atoms with Gasteiger partial charge in [-0.3, -0.25) is 4.79 Å². The van der Waals surface area contributed by atoms with Crippen molar-refractivity contribution < 1.29 is 9.18 Å². The number of anilines is 2. The van der Waals surface area contributed by atoms with Crippen LogP contribution in [-0.4, -0.2) is 12.5 Å². The predicted molar refractivity (Wildman–Crippen MR) is 77.0 cm³/mol. The van der Waals surface area contributed by atoms with E-state index in [0.717, 1.165) is 17.7 Å². The maximum Gasteiger partial charge on any atom is 0.231 e. The monoisotopic (exact) mass is 270 g/mol. The molecule has 1 amide bonds. The average Bonchev–Trinajstić information content (AvgIpc) is 2.84. The van der Waals surface area contributed by atoms with Crippen molar-refractivity contribution >= 4 is 17.3 Å². The number of hydrogen-bond acceptors (Lipinski definition) is 2. The molecule has 20 heavy (non-hydrogen) atoms. The molecule has 0 aromatic heterocycles. The van der Waals surface area contributed by atoms with Crippen LogP contribution < -0.4 is 10.6 Å². The van der Waals surface area contributed by atoms with E-state index in [9.17, 15) is 9.18 Å². The predicted octanol–water partition coefficient (Wildman–Crippen LogP) is 2.54. The Labute approximate surface area is 116 Å². The maximum atomic E-state index is 13.6. The summed E-state index contributed by atoms with van der Waals surface area (Å²) in [5.41, 5.74) is 8.84. The Morgan fingerprint density at radius 1 is 1.25 bits per heavy atom. The van der Waals surface area contributed by atoms with Gasteiger partial charge in [0, 0.05) is 17.9 Å². The summed E-state index contributed by atoms with van der Waals surface area (Å²) in [7, 11) is 0. The molecule has 0 spiro atoms. The van der Waals surface area contributed by atoms with Crippen LogP contribution in [0.2, 0.25) is 0 Å². The van der Waals surface area contributed by atoms with Crippen LogP contribution in [0.5, 0.6) is 0 Å². The molecule has 0 unspecified atom stereocenters. The highest BCUT2D eigenvalue weighted by Crippen LogP contribution is 2.30. The second-order valence-corrected chi connectivity index (χ2v) is 4.95. The highest BCUT2D eigenvalue weighted by atomic mass is 19.1. The number of benzene rings is 2. The molecule has 2 aromatic rings. The van der Waals surface area contributed by atoms with Crippen molar-refractivity contribution in [2.24, 2.45) is 0 Å². The molecule has 2 N–H and O–H groups in total. The van der Waals surface area contributed by atoms with Crippen molar-refractivity contribution in [3.05, 3.63) is 59.4 Å². The van der Waals surface area contributed by atoms with Crippen LogP contribution in [0, 0.1) is 5.82 Å². The van der Waals surface area contributed by atoms with Crippen molar-refractivity contribution in [2.75, 3.05) is 17.2 Å². The SMILES string of the molecule is Nc1ccc2c(c1)CCN2C(=O)Cc1ccccc1F. The first-order valence-corrected chi connectivity index (χ1v) is 6.57. The van der Waals surface area contributed by atoms with Gasteiger partial charge in [0.25, 0.3) is 0 Å². The average molecular weight is 270 g/mol. The number of nitrogens with zero attached hydrogens (tertiary/aromatic N) is 1. The van der Waals surface area contributed by atoms with Crippen LogP contribution in [0.25, 0.3) is 0 Å². The third-order valence-electron chi connectivity index (χ3n) is 3.60. The van der Waals surface area contributed by atoms with E-state index in [1.165, 1.54) is 6.07 Å². The Kier molecular flexibility index (Phi) is 3.14. The summed E-state index contributed by atoms with van der Waals surface area (Å²) in [6, 6.07) is 11.9. The van der Waals surface area contributed by atoms with Gasteiger partial charge in [-0.25, -0.2) is 4.39 Å². The molecule has 0 aliphatic carbocycles. The Balaban J connectivity index is 1.82. The summed E-state index contributed by atoms with van der Waals surface area (Å²) in [4.78, 5) is 14.1. The van der Waals surface area contributed by atoms with Crippen molar-refractivity contribution in [1.82, 2.24) is 0 Å². The maximum absolute atomic E-state index is 13.6. The third-order valence-corrected chi connectivity index (χ3v) is 3.60. The molecule has 1 aliphatic heterocycles.